The predicted octanol–water partition coefficient (Wildman–Crippen LogP) is 4.51. The summed E-state index contributed by atoms with van der Waals surface area (Å²) < 4.78 is 31.7. The van der Waals surface area contributed by atoms with E-state index in [1.54, 1.807) is 30.6 Å². The van der Waals surface area contributed by atoms with Gasteiger partial charge >= 0.3 is 0 Å². The highest BCUT2D eigenvalue weighted by atomic mass is 32.2. The topological polar surface area (TPSA) is 92.2 Å². The van der Waals surface area contributed by atoms with Crippen LogP contribution in [0.3, 0.4) is 0 Å². The number of likely N-dealkylation sites (N-methyl/N-ethyl adjacent to an activating group) is 1. The van der Waals surface area contributed by atoms with Crippen LogP contribution in [0, 0.1) is 0 Å². The Bertz CT molecular complexity index is 1730. The highest BCUT2D eigenvalue weighted by molar-refractivity contribution is 7.89. The fourth-order valence-electron chi connectivity index (χ4n) is 5.07. The monoisotopic (exact) mass is 512 g/mol. The number of rotatable bonds is 6. The molecule has 37 heavy (non-hydrogen) atoms. The first-order valence-electron chi connectivity index (χ1n) is 12.2. The third-order valence-electron chi connectivity index (χ3n) is 6.94. The number of likely N-dealkylation sites (tertiary alicyclic amines) is 1. The summed E-state index contributed by atoms with van der Waals surface area (Å²) in [4.78, 5) is 11.5. The van der Waals surface area contributed by atoms with E-state index in [0.717, 1.165) is 51.7 Å². The van der Waals surface area contributed by atoms with Crippen LogP contribution >= 0.6 is 0 Å². The van der Waals surface area contributed by atoms with Crippen LogP contribution in [-0.4, -0.2) is 54.0 Å². The lowest BCUT2D eigenvalue weighted by Crippen LogP contribution is -2.36. The molecule has 0 bridgehead atoms. The molecule has 1 aliphatic rings. The number of hydrogen-bond donors (Lipinski definition) is 2. The minimum absolute atomic E-state index is 0.0990. The van der Waals surface area contributed by atoms with E-state index < -0.39 is 10.0 Å². The summed E-state index contributed by atoms with van der Waals surface area (Å²) in [5.74, 6) is 0. The van der Waals surface area contributed by atoms with E-state index in [4.69, 9.17) is 0 Å². The molecule has 0 aliphatic carbocycles. The third-order valence-corrected chi connectivity index (χ3v) is 8.52. The molecule has 0 amide bonds. The van der Waals surface area contributed by atoms with Gasteiger partial charge in [-0.3, -0.25) is 9.97 Å². The molecule has 8 nitrogen and oxygen atoms in total. The van der Waals surface area contributed by atoms with Crippen molar-refractivity contribution in [2.24, 2.45) is 7.05 Å². The molecule has 188 valence electrons. The number of nitrogens with one attached hydrogen (secondary N) is 2. The number of sulfonamides is 1. The van der Waals surface area contributed by atoms with Gasteiger partial charge in [0.2, 0.25) is 10.0 Å². The molecule has 2 aromatic heterocycles. The van der Waals surface area contributed by atoms with Crippen LogP contribution in [0.25, 0.3) is 33.1 Å². The first kappa shape index (κ1) is 23.6. The minimum atomic E-state index is -3.72. The van der Waals surface area contributed by atoms with Gasteiger partial charge in [0.15, 0.2) is 0 Å². The summed E-state index contributed by atoms with van der Waals surface area (Å²) >= 11 is 0. The lowest BCUT2D eigenvalue weighted by atomic mass is 10.0. The van der Waals surface area contributed by atoms with Gasteiger partial charge in [0, 0.05) is 55.0 Å². The fourth-order valence-corrected chi connectivity index (χ4v) is 6.50. The number of benzene rings is 3. The average molecular weight is 513 g/mol. The molecule has 0 radical (unpaired) electrons. The summed E-state index contributed by atoms with van der Waals surface area (Å²) in [6.45, 7) is 1.58. The van der Waals surface area contributed by atoms with E-state index >= 15 is 0 Å². The average Bonchev–Trinajstić information content (AvgIpc) is 3.47. The van der Waals surface area contributed by atoms with Gasteiger partial charge in [-0.15, -0.1) is 0 Å². The minimum Gasteiger partial charge on any atom is -0.354 e. The molecular weight excluding hydrogens is 484 g/mol. The van der Waals surface area contributed by atoms with Crippen LogP contribution in [0.5, 0.6) is 0 Å². The highest BCUT2D eigenvalue weighted by Gasteiger charge is 2.27. The van der Waals surface area contributed by atoms with Gasteiger partial charge in [-0.05, 0) is 67.4 Å². The maximum atomic E-state index is 13.3. The second kappa shape index (κ2) is 9.26. The lowest BCUT2D eigenvalue weighted by Gasteiger charge is -2.17. The number of aromatic nitrogens is 3. The molecule has 1 saturated heterocycles. The molecule has 3 heterocycles. The molecule has 2 N–H and O–H groups in total. The summed E-state index contributed by atoms with van der Waals surface area (Å²) in [5, 5.41) is 4.52. The molecule has 5 aromatic rings. The molecule has 1 unspecified atom stereocenters. The van der Waals surface area contributed by atoms with Crippen LogP contribution in [0.15, 0.2) is 84.1 Å². The normalized spacial score (nSPS) is 16.5. The number of fused-ring (bicyclic) bond motifs is 2. The van der Waals surface area contributed by atoms with Gasteiger partial charge in [-0.25, -0.2) is 13.1 Å². The van der Waals surface area contributed by atoms with E-state index in [1.165, 1.54) is 0 Å². The largest absolute Gasteiger partial charge is 0.354 e. The lowest BCUT2D eigenvalue weighted by molar-refractivity contribution is 0.407. The Hall–Kier alpha value is -3.79. The zero-order valence-corrected chi connectivity index (χ0v) is 21.5. The van der Waals surface area contributed by atoms with Crippen molar-refractivity contribution < 1.29 is 8.42 Å². The molecule has 0 spiro atoms. The van der Waals surface area contributed by atoms with Gasteiger partial charge < -0.3 is 14.8 Å². The number of nitrogens with zero attached hydrogens (tertiary/aromatic N) is 4. The van der Waals surface area contributed by atoms with Crippen molar-refractivity contribution in [1.29, 1.82) is 0 Å². The van der Waals surface area contributed by atoms with Gasteiger partial charge in [0.25, 0.3) is 0 Å². The molecule has 6 rings (SSSR count). The van der Waals surface area contributed by atoms with Crippen molar-refractivity contribution in [3.8, 4) is 11.1 Å². The molecule has 1 atom stereocenters. The summed E-state index contributed by atoms with van der Waals surface area (Å²) in [7, 11) is 0.309. The zero-order valence-electron chi connectivity index (χ0n) is 20.7. The SMILES string of the molecule is CN1CCC(NS(=O)(=O)c2ccccc2Nc2cc(-c3ccc4ccn(C)c4c3)c3nccnc3c2)C1. The van der Waals surface area contributed by atoms with Crippen molar-refractivity contribution in [2.75, 3.05) is 25.5 Å². The van der Waals surface area contributed by atoms with Gasteiger partial charge in [0.05, 0.1) is 16.7 Å². The Kier molecular flexibility index (Phi) is 5.91. The van der Waals surface area contributed by atoms with Crippen LogP contribution in [-0.2, 0) is 17.1 Å². The van der Waals surface area contributed by atoms with E-state index in [1.807, 2.05) is 38.5 Å². The van der Waals surface area contributed by atoms with Gasteiger partial charge in [0.1, 0.15) is 4.90 Å². The quantitative estimate of drug-likeness (QED) is 0.348. The van der Waals surface area contributed by atoms with E-state index in [-0.39, 0.29) is 10.9 Å². The summed E-state index contributed by atoms with van der Waals surface area (Å²) in [6, 6.07) is 19.2. The van der Waals surface area contributed by atoms with Gasteiger partial charge in [-0.2, -0.15) is 0 Å². The Balaban J connectivity index is 1.40. The third kappa shape index (κ3) is 4.57. The predicted molar refractivity (Wildman–Crippen MR) is 147 cm³/mol. The fraction of sp³-hybridized carbons (Fsp3) is 0.214. The van der Waals surface area contributed by atoms with Gasteiger partial charge in [-0.1, -0.05) is 24.3 Å². The standard InChI is InChI=1S/C28H28N6O2S/c1-33-13-10-21(18-33)32-37(35,36)27-6-4-3-5-24(27)31-22-16-23(28-25(17-22)29-11-12-30-28)20-8-7-19-9-14-34(2)26(19)15-20/h3-9,11-12,14-17,21,31-32H,10,13,18H2,1-2H3. The maximum Gasteiger partial charge on any atom is 0.242 e. The Labute approximate surface area is 216 Å². The van der Waals surface area contributed by atoms with Crippen LogP contribution in [0.2, 0.25) is 0 Å². The van der Waals surface area contributed by atoms with Crippen molar-refractivity contribution in [3.05, 3.63) is 79.3 Å². The molecule has 0 saturated carbocycles. The molecule has 1 aliphatic heterocycles. The first-order valence-corrected chi connectivity index (χ1v) is 13.7. The van der Waals surface area contributed by atoms with E-state index in [9.17, 15) is 8.42 Å². The van der Waals surface area contributed by atoms with Crippen molar-refractivity contribution in [3.63, 3.8) is 0 Å². The first-order chi connectivity index (χ1) is 17.9. The smallest absolute Gasteiger partial charge is 0.242 e. The van der Waals surface area contributed by atoms with E-state index in [0.29, 0.717) is 12.2 Å². The van der Waals surface area contributed by atoms with Crippen LogP contribution in [0.1, 0.15) is 6.42 Å². The molecular formula is C28H28N6O2S. The molecule has 1 fully saturated rings. The van der Waals surface area contributed by atoms with E-state index in [2.05, 4.69) is 53.7 Å². The maximum absolute atomic E-state index is 13.3. The summed E-state index contributed by atoms with van der Waals surface area (Å²) in [5.41, 5.74) is 5.80. The number of anilines is 2. The Morgan fingerprint density at radius 3 is 2.65 bits per heavy atom. The summed E-state index contributed by atoms with van der Waals surface area (Å²) in [6.07, 6.45) is 6.19. The Morgan fingerprint density at radius 2 is 1.81 bits per heavy atom. The number of para-hydroxylation sites is 1. The highest BCUT2D eigenvalue weighted by Crippen LogP contribution is 2.34. The molecule has 3 aromatic carbocycles. The zero-order chi connectivity index (χ0) is 25.6. The van der Waals surface area contributed by atoms with Crippen LogP contribution < -0.4 is 10.0 Å². The second-order valence-electron chi connectivity index (χ2n) is 9.64. The molecule has 9 heteroatoms. The van der Waals surface area contributed by atoms with Crippen molar-refractivity contribution in [1.82, 2.24) is 24.2 Å². The number of hydrogen-bond acceptors (Lipinski definition) is 6. The number of aryl methyl sites for hydroxylation is 1. The van der Waals surface area contributed by atoms with Crippen molar-refractivity contribution >= 4 is 43.3 Å². The second-order valence-corrected chi connectivity index (χ2v) is 11.3. The Morgan fingerprint density at radius 1 is 0.973 bits per heavy atom. The van der Waals surface area contributed by atoms with Crippen molar-refractivity contribution in [2.45, 2.75) is 17.4 Å². The van der Waals surface area contributed by atoms with Crippen LogP contribution in [0.4, 0.5) is 11.4 Å².